The Balaban J connectivity index is 2.21. The van der Waals surface area contributed by atoms with Crippen LogP contribution in [0.15, 0.2) is 20.9 Å². The fraction of sp³-hybridized carbons (Fsp3) is 0.400. The van der Waals surface area contributed by atoms with Gasteiger partial charge >= 0.3 is 0 Å². The summed E-state index contributed by atoms with van der Waals surface area (Å²) in [6.07, 6.45) is 0. The van der Waals surface area contributed by atoms with E-state index in [1.165, 1.54) is 23.1 Å². The molecular formula is C10H13N5OS2. The molecule has 0 radical (unpaired) electrons. The second-order valence-corrected chi connectivity index (χ2v) is 5.38. The zero-order chi connectivity index (χ0) is 12.8. The molecule has 0 unspecified atom stereocenters. The molecule has 0 fully saturated rings. The van der Waals surface area contributed by atoms with Crippen molar-refractivity contribution in [3.8, 4) is 0 Å². The van der Waals surface area contributed by atoms with Gasteiger partial charge in [-0.1, -0.05) is 11.3 Å². The Bertz CT molecular complexity index is 467. The Kier molecular flexibility index (Phi) is 4.85. The average molecular weight is 283 g/mol. The van der Waals surface area contributed by atoms with Gasteiger partial charge in [-0.2, -0.15) is 0 Å². The van der Waals surface area contributed by atoms with Gasteiger partial charge in [0.1, 0.15) is 23.0 Å². The summed E-state index contributed by atoms with van der Waals surface area (Å²) in [6, 6.07) is 1.90. The second kappa shape index (κ2) is 6.62. The van der Waals surface area contributed by atoms with Gasteiger partial charge in [-0.3, -0.25) is 0 Å². The number of methoxy groups -OCH3 is 1. The summed E-state index contributed by atoms with van der Waals surface area (Å²) in [5.74, 6) is 1.45. The van der Waals surface area contributed by atoms with Crippen LogP contribution in [0.2, 0.25) is 0 Å². The van der Waals surface area contributed by atoms with Crippen molar-refractivity contribution < 1.29 is 4.74 Å². The van der Waals surface area contributed by atoms with Crippen LogP contribution >= 0.6 is 23.1 Å². The van der Waals surface area contributed by atoms with Crippen LogP contribution in [-0.4, -0.2) is 33.8 Å². The number of aromatic nitrogens is 4. The SMILES string of the molecule is CCNc1cc(Sc2nncs2)nc(COC)n1. The molecule has 0 bridgehead atoms. The first-order valence-corrected chi connectivity index (χ1v) is 7.06. The van der Waals surface area contributed by atoms with E-state index >= 15 is 0 Å². The number of rotatable bonds is 6. The molecule has 1 N–H and O–H groups in total. The Morgan fingerprint density at radius 3 is 3.00 bits per heavy atom. The summed E-state index contributed by atoms with van der Waals surface area (Å²) in [5, 5.41) is 11.8. The van der Waals surface area contributed by atoms with Crippen LogP contribution in [0.4, 0.5) is 5.82 Å². The Hall–Kier alpha value is -1.25. The summed E-state index contributed by atoms with van der Waals surface area (Å²) in [4.78, 5) is 8.75. The molecule has 6 nitrogen and oxygen atoms in total. The van der Waals surface area contributed by atoms with Crippen LogP contribution in [0.5, 0.6) is 0 Å². The summed E-state index contributed by atoms with van der Waals surface area (Å²) in [5.41, 5.74) is 1.70. The van der Waals surface area contributed by atoms with Crippen LogP contribution in [0.1, 0.15) is 12.7 Å². The van der Waals surface area contributed by atoms with E-state index in [1.54, 1.807) is 12.6 Å². The fourth-order valence-corrected chi connectivity index (χ4v) is 2.73. The smallest absolute Gasteiger partial charge is 0.180 e. The van der Waals surface area contributed by atoms with Crippen LogP contribution in [0.3, 0.4) is 0 Å². The lowest BCUT2D eigenvalue weighted by atomic mass is 10.5. The Morgan fingerprint density at radius 2 is 2.33 bits per heavy atom. The van der Waals surface area contributed by atoms with Gasteiger partial charge in [-0.15, -0.1) is 10.2 Å². The van der Waals surface area contributed by atoms with Crippen molar-refractivity contribution in [3.05, 3.63) is 17.4 Å². The minimum atomic E-state index is 0.392. The number of hydrogen-bond acceptors (Lipinski definition) is 8. The molecule has 0 spiro atoms. The maximum atomic E-state index is 5.06. The molecule has 0 aromatic carbocycles. The van der Waals surface area contributed by atoms with Gasteiger partial charge in [0.15, 0.2) is 10.2 Å². The molecule has 2 aromatic heterocycles. The lowest BCUT2D eigenvalue weighted by Crippen LogP contribution is -2.05. The van der Waals surface area contributed by atoms with Gasteiger partial charge in [0.2, 0.25) is 0 Å². The average Bonchev–Trinajstić information content (AvgIpc) is 2.82. The van der Waals surface area contributed by atoms with Crippen molar-refractivity contribution in [1.82, 2.24) is 20.2 Å². The summed E-state index contributed by atoms with van der Waals surface area (Å²) in [6.45, 7) is 3.23. The van der Waals surface area contributed by atoms with Crippen molar-refractivity contribution in [1.29, 1.82) is 0 Å². The highest BCUT2D eigenvalue weighted by molar-refractivity contribution is 8.00. The molecule has 0 atom stereocenters. The maximum Gasteiger partial charge on any atom is 0.180 e. The Morgan fingerprint density at radius 1 is 1.44 bits per heavy atom. The summed E-state index contributed by atoms with van der Waals surface area (Å²) in [7, 11) is 1.63. The van der Waals surface area contributed by atoms with Crippen molar-refractivity contribution in [2.75, 3.05) is 19.0 Å². The molecule has 2 rings (SSSR count). The van der Waals surface area contributed by atoms with E-state index in [0.717, 1.165) is 21.7 Å². The lowest BCUT2D eigenvalue weighted by molar-refractivity contribution is 0.177. The number of nitrogens with zero attached hydrogens (tertiary/aromatic N) is 4. The number of hydrogen-bond donors (Lipinski definition) is 1. The molecule has 96 valence electrons. The normalized spacial score (nSPS) is 10.6. The molecule has 0 saturated heterocycles. The first-order chi connectivity index (χ1) is 8.81. The van der Waals surface area contributed by atoms with E-state index in [2.05, 4.69) is 25.5 Å². The highest BCUT2D eigenvalue weighted by atomic mass is 32.2. The van der Waals surface area contributed by atoms with Gasteiger partial charge in [0, 0.05) is 19.7 Å². The maximum absolute atomic E-state index is 5.06. The molecule has 0 aliphatic carbocycles. The van der Waals surface area contributed by atoms with E-state index < -0.39 is 0 Å². The monoisotopic (exact) mass is 283 g/mol. The third-order valence-corrected chi connectivity index (χ3v) is 3.61. The van der Waals surface area contributed by atoms with E-state index in [1.807, 2.05) is 13.0 Å². The van der Waals surface area contributed by atoms with Crippen molar-refractivity contribution in [2.45, 2.75) is 22.9 Å². The molecule has 18 heavy (non-hydrogen) atoms. The van der Waals surface area contributed by atoms with Crippen LogP contribution < -0.4 is 5.32 Å². The molecule has 0 saturated carbocycles. The van der Waals surface area contributed by atoms with E-state index in [9.17, 15) is 0 Å². The molecule has 8 heteroatoms. The van der Waals surface area contributed by atoms with Crippen molar-refractivity contribution in [2.24, 2.45) is 0 Å². The number of nitrogens with one attached hydrogen (secondary N) is 1. The third kappa shape index (κ3) is 3.62. The van der Waals surface area contributed by atoms with Gasteiger partial charge in [0.05, 0.1) is 0 Å². The van der Waals surface area contributed by atoms with E-state index in [0.29, 0.717) is 12.4 Å². The van der Waals surface area contributed by atoms with E-state index in [-0.39, 0.29) is 0 Å². The van der Waals surface area contributed by atoms with Gasteiger partial charge < -0.3 is 10.1 Å². The van der Waals surface area contributed by atoms with Crippen molar-refractivity contribution in [3.63, 3.8) is 0 Å². The summed E-state index contributed by atoms with van der Waals surface area (Å²) >= 11 is 2.96. The topological polar surface area (TPSA) is 72.8 Å². The quantitative estimate of drug-likeness (QED) is 0.813. The molecule has 0 amide bonds. The van der Waals surface area contributed by atoms with Crippen molar-refractivity contribution >= 4 is 28.9 Å². The van der Waals surface area contributed by atoms with Gasteiger partial charge in [0.25, 0.3) is 0 Å². The van der Waals surface area contributed by atoms with Crippen LogP contribution in [-0.2, 0) is 11.3 Å². The minimum Gasteiger partial charge on any atom is -0.377 e. The third-order valence-electron chi connectivity index (χ3n) is 1.91. The first-order valence-electron chi connectivity index (χ1n) is 5.36. The number of ether oxygens (including phenoxy) is 1. The molecule has 2 heterocycles. The Labute approximate surface area is 113 Å². The van der Waals surface area contributed by atoms with Gasteiger partial charge in [-0.25, -0.2) is 9.97 Å². The lowest BCUT2D eigenvalue weighted by Gasteiger charge is -2.07. The zero-order valence-electron chi connectivity index (χ0n) is 10.1. The largest absolute Gasteiger partial charge is 0.377 e. The molecule has 0 aliphatic rings. The fourth-order valence-electron chi connectivity index (χ4n) is 1.29. The highest BCUT2D eigenvalue weighted by Gasteiger charge is 2.07. The molecule has 2 aromatic rings. The van der Waals surface area contributed by atoms with Crippen LogP contribution in [0.25, 0.3) is 0 Å². The first kappa shape index (κ1) is 13.2. The predicted molar refractivity (Wildman–Crippen MR) is 70.9 cm³/mol. The van der Waals surface area contributed by atoms with Crippen LogP contribution in [0, 0.1) is 0 Å². The molecule has 0 aliphatic heterocycles. The number of anilines is 1. The molecular weight excluding hydrogens is 270 g/mol. The standard InChI is InChI=1S/C10H13N5OS2/c1-3-11-7-4-9(14-8(13-7)5-16-2)18-10-15-12-6-17-10/h4,6H,3,5H2,1-2H3,(H,11,13,14). The second-order valence-electron chi connectivity index (χ2n) is 3.28. The highest BCUT2D eigenvalue weighted by Crippen LogP contribution is 2.28. The van der Waals surface area contributed by atoms with Gasteiger partial charge in [-0.05, 0) is 18.7 Å². The summed E-state index contributed by atoms with van der Waals surface area (Å²) < 4.78 is 5.92. The minimum absolute atomic E-state index is 0.392. The zero-order valence-corrected chi connectivity index (χ0v) is 11.7. The van der Waals surface area contributed by atoms with E-state index in [4.69, 9.17) is 4.74 Å². The predicted octanol–water partition coefficient (Wildman–Crippen LogP) is 2.06.